The van der Waals surface area contributed by atoms with Crippen molar-refractivity contribution in [1.29, 1.82) is 0 Å². The highest BCUT2D eigenvalue weighted by atomic mass is 19.1. The van der Waals surface area contributed by atoms with Gasteiger partial charge in [0.2, 0.25) is 0 Å². The SMILES string of the molecule is C/C(=N/Nc1ccc(F)cc1F)c1ccc(C)c(C)c1. The molecule has 2 rings (SSSR count). The summed E-state index contributed by atoms with van der Waals surface area (Å²) in [5.74, 6) is -1.27. The van der Waals surface area contributed by atoms with E-state index >= 15 is 0 Å². The van der Waals surface area contributed by atoms with Gasteiger partial charge in [0, 0.05) is 6.07 Å². The molecule has 0 radical (unpaired) electrons. The maximum absolute atomic E-state index is 13.4. The Morgan fingerprint density at radius 3 is 2.40 bits per heavy atom. The number of hydrazone groups is 1. The van der Waals surface area contributed by atoms with Gasteiger partial charge in [-0.25, -0.2) is 8.78 Å². The van der Waals surface area contributed by atoms with E-state index in [9.17, 15) is 8.78 Å². The minimum absolute atomic E-state index is 0.148. The van der Waals surface area contributed by atoms with E-state index in [1.54, 1.807) is 0 Å². The molecule has 104 valence electrons. The Labute approximate surface area is 117 Å². The maximum atomic E-state index is 13.4. The molecule has 2 nitrogen and oxygen atoms in total. The predicted octanol–water partition coefficient (Wildman–Crippen LogP) is 4.42. The van der Waals surface area contributed by atoms with Crippen LogP contribution in [-0.2, 0) is 0 Å². The first-order valence-corrected chi connectivity index (χ1v) is 6.30. The molecule has 0 aliphatic rings. The summed E-state index contributed by atoms with van der Waals surface area (Å²) < 4.78 is 26.2. The monoisotopic (exact) mass is 274 g/mol. The Bertz CT molecular complexity index is 664. The molecular formula is C16H16F2N2. The standard InChI is InChI=1S/C16H16F2N2/c1-10-4-5-13(8-11(10)2)12(3)19-20-16-7-6-14(17)9-15(16)18/h4-9,20H,1-3H3/b19-12-. The van der Waals surface area contributed by atoms with E-state index in [4.69, 9.17) is 0 Å². The van der Waals surface area contributed by atoms with Crippen molar-refractivity contribution in [1.82, 2.24) is 0 Å². The molecule has 2 aromatic carbocycles. The van der Waals surface area contributed by atoms with Gasteiger partial charge in [-0.3, -0.25) is 5.43 Å². The lowest BCUT2D eigenvalue weighted by atomic mass is 10.0. The summed E-state index contributed by atoms with van der Waals surface area (Å²) >= 11 is 0. The third-order valence-corrected chi connectivity index (χ3v) is 3.20. The van der Waals surface area contributed by atoms with Crippen molar-refractivity contribution in [3.05, 3.63) is 64.7 Å². The number of rotatable bonds is 3. The quantitative estimate of drug-likeness (QED) is 0.650. The summed E-state index contributed by atoms with van der Waals surface area (Å²) in [6, 6.07) is 9.33. The highest BCUT2D eigenvalue weighted by molar-refractivity contribution is 5.99. The highest BCUT2D eigenvalue weighted by Gasteiger charge is 2.04. The van der Waals surface area contributed by atoms with Crippen molar-refractivity contribution >= 4 is 11.4 Å². The summed E-state index contributed by atoms with van der Waals surface area (Å²) in [6.07, 6.45) is 0. The molecule has 1 N–H and O–H groups in total. The van der Waals surface area contributed by atoms with E-state index in [2.05, 4.69) is 10.5 Å². The van der Waals surface area contributed by atoms with Crippen molar-refractivity contribution in [2.24, 2.45) is 5.10 Å². The van der Waals surface area contributed by atoms with Gasteiger partial charge in [-0.05, 0) is 55.7 Å². The molecule has 0 aromatic heterocycles. The van der Waals surface area contributed by atoms with E-state index in [0.29, 0.717) is 0 Å². The molecule has 0 unspecified atom stereocenters. The molecule has 0 aliphatic heterocycles. The van der Waals surface area contributed by atoms with Crippen LogP contribution in [0.25, 0.3) is 0 Å². The third-order valence-electron chi connectivity index (χ3n) is 3.20. The van der Waals surface area contributed by atoms with Crippen molar-refractivity contribution in [3.63, 3.8) is 0 Å². The number of aryl methyl sites for hydroxylation is 2. The largest absolute Gasteiger partial charge is 0.275 e. The van der Waals surface area contributed by atoms with Crippen LogP contribution < -0.4 is 5.43 Å². The fourth-order valence-electron chi connectivity index (χ4n) is 1.76. The summed E-state index contributed by atoms with van der Waals surface area (Å²) in [5.41, 5.74) is 6.84. The average Bonchev–Trinajstić information content (AvgIpc) is 2.40. The van der Waals surface area contributed by atoms with Crippen LogP contribution in [0.3, 0.4) is 0 Å². The van der Waals surface area contributed by atoms with Crippen LogP contribution in [0.15, 0.2) is 41.5 Å². The van der Waals surface area contributed by atoms with Gasteiger partial charge >= 0.3 is 0 Å². The molecule has 0 amide bonds. The minimum Gasteiger partial charge on any atom is -0.275 e. The van der Waals surface area contributed by atoms with Gasteiger partial charge in [0.15, 0.2) is 5.82 Å². The average molecular weight is 274 g/mol. The Hall–Kier alpha value is -2.23. The van der Waals surface area contributed by atoms with Crippen LogP contribution in [0, 0.1) is 25.5 Å². The molecule has 2 aromatic rings. The summed E-state index contributed by atoms with van der Waals surface area (Å²) in [4.78, 5) is 0. The van der Waals surface area contributed by atoms with E-state index < -0.39 is 11.6 Å². The van der Waals surface area contributed by atoms with E-state index in [1.165, 1.54) is 23.3 Å². The minimum atomic E-state index is -0.665. The summed E-state index contributed by atoms with van der Waals surface area (Å²) in [6.45, 7) is 5.90. The van der Waals surface area contributed by atoms with Crippen LogP contribution in [0.2, 0.25) is 0 Å². The highest BCUT2D eigenvalue weighted by Crippen LogP contribution is 2.16. The Kier molecular flexibility index (Phi) is 4.13. The van der Waals surface area contributed by atoms with Gasteiger partial charge in [0.25, 0.3) is 0 Å². The molecule has 4 heteroatoms. The molecule has 0 bridgehead atoms. The van der Waals surface area contributed by atoms with Crippen molar-refractivity contribution in [3.8, 4) is 0 Å². The van der Waals surface area contributed by atoms with Gasteiger partial charge < -0.3 is 0 Å². The molecule has 0 saturated carbocycles. The van der Waals surface area contributed by atoms with Crippen LogP contribution in [-0.4, -0.2) is 5.71 Å². The molecule has 0 fully saturated rings. The van der Waals surface area contributed by atoms with E-state index in [0.717, 1.165) is 17.3 Å². The van der Waals surface area contributed by atoms with Gasteiger partial charge in [0.05, 0.1) is 11.4 Å². The van der Waals surface area contributed by atoms with E-state index in [1.807, 2.05) is 39.0 Å². The molecule has 0 saturated heterocycles. The normalized spacial score (nSPS) is 11.6. The van der Waals surface area contributed by atoms with Gasteiger partial charge in [-0.15, -0.1) is 0 Å². The van der Waals surface area contributed by atoms with Crippen LogP contribution in [0.4, 0.5) is 14.5 Å². The summed E-state index contributed by atoms with van der Waals surface area (Å²) in [5, 5.41) is 4.13. The number of nitrogens with zero attached hydrogens (tertiary/aromatic N) is 1. The van der Waals surface area contributed by atoms with Gasteiger partial charge in [0.1, 0.15) is 5.82 Å². The number of halogens is 2. The fraction of sp³-hybridized carbons (Fsp3) is 0.188. The first-order chi connectivity index (χ1) is 9.47. The second kappa shape index (κ2) is 5.82. The Morgan fingerprint density at radius 2 is 1.75 bits per heavy atom. The lowest BCUT2D eigenvalue weighted by molar-refractivity contribution is 0.585. The maximum Gasteiger partial charge on any atom is 0.151 e. The van der Waals surface area contributed by atoms with Gasteiger partial charge in [-0.1, -0.05) is 12.1 Å². The lowest BCUT2D eigenvalue weighted by Crippen LogP contribution is -2.02. The molecule has 0 spiro atoms. The Balaban J connectivity index is 2.20. The number of anilines is 1. The summed E-state index contributed by atoms with van der Waals surface area (Å²) in [7, 11) is 0. The number of hydrogen-bond acceptors (Lipinski definition) is 2. The fourth-order valence-corrected chi connectivity index (χ4v) is 1.76. The van der Waals surface area contributed by atoms with Crippen molar-refractivity contribution in [2.45, 2.75) is 20.8 Å². The number of hydrogen-bond donors (Lipinski definition) is 1. The lowest BCUT2D eigenvalue weighted by Gasteiger charge is -2.07. The number of nitrogens with one attached hydrogen (secondary N) is 1. The Morgan fingerprint density at radius 1 is 1.00 bits per heavy atom. The smallest absolute Gasteiger partial charge is 0.151 e. The molecular weight excluding hydrogens is 258 g/mol. The van der Waals surface area contributed by atoms with E-state index in [-0.39, 0.29) is 5.69 Å². The topological polar surface area (TPSA) is 24.4 Å². The van der Waals surface area contributed by atoms with Crippen molar-refractivity contribution < 1.29 is 8.78 Å². The van der Waals surface area contributed by atoms with Gasteiger partial charge in [-0.2, -0.15) is 5.10 Å². The zero-order valence-electron chi connectivity index (χ0n) is 11.7. The number of benzene rings is 2. The van der Waals surface area contributed by atoms with Crippen molar-refractivity contribution in [2.75, 3.05) is 5.43 Å². The molecule has 0 heterocycles. The second-order valence-electron chi connectivity index (χ2n) is 4.73. The second-order valence-corrected chi connectivity index (χ2v) is 4.73. The molecule has 0 atom stereocenters. The van der Waals surface area contributed by atoms with Crippen LogP contribution >= 0.6 is 0 Å². The molecule has 0 aliphatic carbocycles. The predicted molar refractivity (Wildman–Crippen MR) is 78.1 cm³/mol. The third kappa shape index (κ3) is 3.20. The van der Waals surface area contributed by atoms with Crippen LogP contribution in [0.5, 0.6) is 0 Å². The molecule has 20 heavy (non-hydrogen) atoms. The first-order valence-electron chi connectivity index (χ1n) is 6.30. The zero-order chi connectivity index (χ0) is 14.7. The first kappa shape index (κ1) is 14.2. The zero-order valence-corrected chi connectivity index (χ0v) is 11.7. The van der Waals surface area contributed by atoms with Crippen LogP contribution in [0.1, 0.15) is 23.6 Å².